The summed E-state index contributed by atoms with van der Waals surface area (Å²) >= 11 is 0. The third-order valence-corrected chi connectivity index (χ3v) is 4.49. The standard InChI is InChI=1S/C18H22O6/c1-8(19)10-12(20)11-13(21)16(22)18(4,5)24-15(11)9-6-7-17(2,3)23-14(9)10/h6-7,13,16,20-22H,1-5H3/t13-,16+/m0/s1. The molecule has 3 N–H and O–H groups in total. The third-order valence-electron chi connectivity index (χ3n) is 4.49. The van der Waals surface area contributed by atoms with Gasteiger partial charge in [0.1, 0.15) is 46.2 Å². The van der Waals surface area contributed by atoms with Crippen molar-refractivity contribution in [3.63, 3.8) is 0 Å². The lowest BCUT2D eigenvalue weighted by molar-refractivity contribution is -0.112. The van der Waals surface area contributed by atoms with Gasteiger partial charge >= 0.3 is 0 Å². The molecule has 2 atom stereocenters. The second-order valence-electron chi connectivity index (χ2n) is 7.40. The van der Waals surface area contributed by atoms with Gasteiger partial charge in [0.25, 0.3) is 0 Å². The van der Waals surface area contributed by atoms with Crippen LogP contribution in [-0.2, 0) is 0 Å². The zero-order valence-electron chi connectivity index (χ0n) is 14.4. The molecule has 2 aliphatic rings. The van der Waals surface area contributed by atoms with E-state index in [0.29, 0.717) is 5.56 Å². The number of hydrogen-bond acceptors (Lipinski definition) is 6. The van der Waals surface area contributed by atoms with Crippen LogP contribution < -0.4 is 9.47 Å². The average molecular weight is 334 g/mol. The molecule has 2 aliphatic heterocycles. The van der Waals surface area contributed by atoms with Crippen molar-refractivity contribution in [3.05, 3.63) is 22.8 Å². The summed E-state index contributed by atoms with van der Waals surface area (Å²) in [4.78, 5) is 12.1. The van der Waals surface area contributed by atoms with E-state index < -0.39 is 34.9 Å². The van der Waals surface area contributed by atoms with Gasteiger partial charge in [-0.3, -0.25) is 4.79 Å². The Hall–Kier alpha value is -2.05. The average Bonchev–Trinajstić information content (AvgIpc) is 2.42. The molecular weight excluding hydrogens is 312 g/mol. The Morgan fingerprint density at radius 1 is 1.12 bits per heavy atom. The number of carbonyl (C=O) groups is 1. The molecule has 6 nitrogen and oxygen atoms in total. The number of aliphatic hydroxyl groups is 2. The number of ketones is 1. The van der Waals surface area contributed by atoms with Crippen LogP contribution >= 0.6 is 0 Å². The van der Waals surface area contributed by atoms with Crippen molar-refractivity contribution in [2.24, 2.45) is 0 Å². The number of phenols is 1. The number of fused-ring (bicyclic) bond motifs is 3. The molecule has 0 radical (unpaired) electrons. The first-order valence-corrected chi connectivity index (χ1v) is 7.83. The van der Waals surface area contributed by atoms with E-state index in [4.69, 9.17) is 9.47 Å². The fourth-order valence-corrected chi connectivity index (χ4v) is 3.14. The fraction of sp³-hybridized carbons (Fsp3) is 0.500. The molecule has 0 aliphatic carbocycles. The zero-order valence-corrected chi connectivity index (χ0v) is 14.4. The molecule has 1 aromatic rings. The predicted molar refractivity (Wildman–Crippen MR) is 87.5 cm³/mol. The minimum Gasteiger partial charge on any atom is -0.507 e. The quantitative estimate of drug-likeness (QED) is 0.682. The molecule has 2 heterocycles. The highest BCUT2D eigenvalue weighted by Gasteiger charge is 2.47. The molecule has 0 saturated heterocycles. The van der Waals surface area contributed by atoms with Crippen molar-refractivity contribution < 1.29 is 29.6 Å². The minimum absolute atomic E-state index is 0.0127. The molecular formula is C18H22O6. The summed E-state index contributed by atoms with van der Waals surface area (Å²) in [6.07, 6.45) is 0.933. The van der Waals surface area contributed by atoms with E-state index in [9.17, 15) is 20.1 Å². The van der Waals surface area contributed by atoms with Gasteiger partial charge in [-0.2, -0.15) is 0 Å². The van der Waals surface area contributed by atoms with E-state index >= 15 is 0 Å². The highest BCUT2D eigenvalue weighted by Crippen LogP contribution is 2.53. The summed E-state index contributed by atoms with van der Waals surface area (Å²) in [5.41, 5.74) is -1.24. The number of hydrogen-bond donors (Lipinski definition) is 3. The van der Waals surface area contributed by atoms with E-state index in [2.05, 4.69) is 0 Å². The van der Waals surface area contributed by atoms with Gasteiger partial charge in [-0.15, -0.1) is 0 Å². The lowest BCUT2D eigenvalue weighted by Crippen LogP contribution is -2.49. The van der Waals surface area contributed by atoms with Gasteiger partial charge in [-0.1, -0.05) is 0 Å². The van der Waals surface area contributed by atoms with Crippen molar-refractivity contribution in [3.8, 4) is 17.2 Å². The summed E-state index contributed by atoms with van der Waals surface area (Å²) in [5, 5.41) is 31.4. The van der Waals surface area contributed by atoms with Gasteiger partial charge in [-0.25, -0.2) is 0 Å². The first-order valence-electron chi connectivity index (χ1n) is 7.83. The van der Waals surface area contributed by atoms with Crippen LogP contribution in [0.3, 0.4) is 0 Å². The van der Waals surface area contributed by atoms with Crippen LogP contribution in [0.1, 0.15) is 62.2 Å². The van der Waals surface area contributed by atoms with Gasteiger partial charge in [0, 0.05) is 0 Å². The number of carbonyl (C=O) groups excluding carboxylic acids is 1. The van der Waals surface area contributed by atoms with Crippen LogP contribution in [0.4, 0.5) is 0 Å². The van der Waals surface area contributed by atoms with Crippen LogP contribution in [0.15, 0.2) is 6.08 Å². The summed E-state index contributed by atoms with van der Waals surface area (Å²) in [7, 11) is 0. The number of ether oxygens (including phenoxy) is 2. The highest BCUT2D eigenvalue weighted by molar-refractivity contribution is 6.02. The van der Waals surface area contributed by atoms with E-state index in [1.54, 1.807) is 19.9 Å². The van der Waals surface area contributed by atoms with Crippen molar-refractivity contribution >= 4 is 11.9 Å². The van der Waals surface area contributed by atoms with Crippen molar-refractivity contribution in [1.82, 2.24) is 0 Å². The second-order valence-corrected chi connectivity index (χ2v) is 7.40. The Morgan fingerprint density at radius 2 is 1.75 bits per heavy atom. The van der Waals surface area contributed by atoms with Gasteiger partial charge in [0.2, 0.25) is 0 Å². The highest BCUT2D eigenvalue weighted by atomic mass is 16.5. The number of rotatable bonds is 1. The molecule has 0 amide bonds. The molecule has 1 aromatic carbocycles. The summed E-state index contributed by atoms with van der Waals surface area (Å²) < 4.78 is 11.8. The zero-order chi connectivity index (χ0) is 18.0. The maximum Gasteiger partial charge on any atom is 0.167 e. The van der Waals surface area contributed by atoms with E-state index in [-0.39, 0.29) is 22.6 Å². The minimum atomic E-state index is -1.38. The number of benzene rings is 1. The molecule has 0 saturated carbocycles. The number of aliphatic hydroxyl groups excluding tert-OH is 2. The van der Waals surface area contributed by atoms with E-state index in [1.165, 1.54) is 6.92 Å². The van der Waals surface area contributed by atoms with Crippen LogP contribution in [0, 0.1) is 0 Å². The number of phenolic OH excluding ortho intramolecular Hbond substituents is 1. The first kappa shape index (κ1) is 16.8. The SMILES string of the molecule is CC(=O)c1c(O)c2c(c3c1OC(C)(C)C=C3)OC(C)(C)[C@H](O)[C@H]2O. The normalized spacial score (nSPS) is 26.0. The molecule has 130 valence electrons. The van der Waals surface area contributed by atoms with Gasteiger partial charge in [0.15, 0.2) is 5.78 Å². The molecule has 6 heteroatoms. The van der Waals surface area contributed by atoms with Gasteiger partial charge in [-0.05, 0) is 46.8 Å². The van der Waals surface area contributed by atoms with E-state index in [0.717, 1.165) is 0 Å². The molecule has 0 unspecified atom stereocenters. The Labute approximate surface area is 140 Å². The maximum absolute atomic E-state index is 12.1. The molecule has 24 heavy (non-hydrogen) atoms. The Balaban J connectivity index is 2.37. The number of Topliss-reactive ketones (excluding diaryl/α,β-unsaturated/α-hetero) is 1. The summed E-state index contributed by atoms with van der Waals surface area (Å²) in [5.74, 6) is -0.360. The predicted octanol–water partition coefficient (Wildman–Crippen LogP) is 2.34. The summed E-state index contributed by atoms with van der Waals surface area (Å²) in [6.45, 7) is 8.26. The smallest absolute Gasteiger partial charge is 0.167 e. The fourth-order valence-electron chi connectivity index (χ4n) is 3.14. The maximum atomic E-state index is 12.1. The number of aromatic hydroxyl groups is 1. The summed E-state index contributed by atoms with van der Waals surface area (Å²) in [6, 6.07) is 0. The van der Waals surface area contributed by atoms with Crippen LogP contribution in [-0.4, -0.2) is 38.4 Å². The van der Waals surface area contributed by atoms with Gasteiger partial charge in [0.05, 0.1) is 11.1 Å². The Morgan fingerprint density at radius 3 is 2.33 bits per heavy atom. The van der Waals surface area contributed by atoms with Crippen molar-refractivity contribution in [1.29, 1.82) is 0 Å². The Kier molecular flexibility index (Phi) is 3.48. The lowest BCUT2D eigenvalue weighted by Gasteiger charge is -2.42. The van der Waals surface area contributed by atoms with Crippen LogP contribution in [0.2, 0.25) is 0 Å². The lowest BCUT2D eigenvalue weighted by atomic mass is 9.84. The monoisotopic (exact) mass is 334 g/mol. The second kappa shape index (κ2) is 4.97. The van der Waals surface area contributed by atoms with Crippen molar-refractivity contribution in [2.45, 2.75) is 58.0 Å². The molecule has 0 spiro atoms. The van der Waals surface area contributed by atoms with E-state index in [1.807, 2.05) is 19.9 Å². The molecule has 0 bridgehead atoms. The topological polar surface area (TPSA) is 96.2 Å². The van der Waals surface area contributed by atoms with Crippen molar-refractivity contribution in [2.75, 3.05) is 0 Å². The van der Waals surface area contributed by atoms with Crippen LogP contribution in [0.25, 0.3) is 6.08 Å². The third kappa shape index (κ3) is 2.29. The van der Waals surface area contributed by atoms with Gasteiger partial charge < -0.3 is 24.8 Å². The Bertz CT molecular complexity index is 760. The largest absolute Gasteiger partial charge is 0.507 e. The van der Waals surface area contributed by atoms with Crippen LogP contribution in [0.5, 0.6) is 17.2 Å². The molecule has 0 aromatic heterocycles. The first-order chi connectivity index (χ1) is 11.0. The molecule has 0 fully saturated rings. The molecule has 3 rings (SSSR count).